The number of amides is 1. The zero-order valence-electron chi connectivity index (χ0n) is 13.2. The van der Waals surface area contributed by atoms with Crippen molar-refractivity contribution in [1.82, 2.24) is 10.2 Å². The number of fused-ring (bicyclic) bond motifs is 1. The minimum absolute atomic E-state index is 0.115. The molecule has 5 nitrogen and oxygen atoms in total. The van der Waals surface area contributed by atoms with Gasteiger partial charge >= 0.3 is 0 Å². The van der Waals surface area contributed by atoms with Crippen LogP contribution in [0.15, 0.2) is 18.2 Å². The number of rotatable bonds is 6. The van der Waals surface area contributed by atoms with E-state index in [2.05, 4.69) is 19.2 Å². The molecular weight excluding hydrogens is 268 g/mol. The van der Waals surface area contributed by atoms with Crippen LogP contribution in [0.2, 0.25) is 0 Å². The predicted molar refractivity (Wildman–Crippen MR) is 81.3 cm³/mol. The van der Waals surface area contributed by atoms with Crippen molar-refractivity contribution in [1.29, 1.82) is 0 Å². The number of ether oxygens (including phenoxy) is 2. The van der Waals surface area contributed by atoms with Gasteiger partial charge in [-0.05, 0) is 30.0 Å². The first-order valence-electron chi connectivity index (χ1n) is 7.30. The fourth-order valence-electron chi connectivity index (χ4n) is 2.35. The lowest BCUT2D eigenvalue weighted by Gasteiger charge is -2.23. The van der Waals surface area contributed by atoms with E-state index in [-0.39, 0.29) is 18.7 Å². The van der Waals surface area contributed by atoms with Gasteiger partial charge in [0.25, 0.3) is 0 Å². The third-order valence-electron chi connectivity index (χ3n) is 3.44. The number of nitrogens with one attached hydrogen (secondary N) is 1. The molecule has 116 valence electrons. The Labute approximate surface area is 126 Å². The van der Waals surface area contributed by atoms with Crippen molar-refractivity contribution in [2.75, 3.05) is 20.9 Å². The van der Waals surface area contributed by atoms with E-state index in [0.717, 1.165) is 23.5 Å². The van der Waals surface area contributed by atoms with Gasteiger partial charge in [0.2, 0.25) is 12.7 Å². The summed E-state index contributed by atoms with van der Waals surface area (Å²) in [7, 11) is 3.58. The quantitative estimate of drug-likeness (QED) is 0.871. The summed E-state index contributed by atoms with van der Waals surface area (Å²) in [5.74, 6) is 2.13. The fourth-order valence-corrected chi connectivity index (χ4v) is 2.35. The van der Waals surface area contributed by atoms with Crippen LogP contribution in [0, 0.1) is 5.92 Å². The fraction of sp³-hybridized carbons (Fsp3) is 0.562. The number of nitrogens with zero attached hydrogens (tertiary/aromatic N) is 1. The second-order valence-corrected chi connectivity index (χ2v) is 5.98. The Morgan fingerprint density at radius 3 is 2.67 bits per heavy atom. The van der Waals surface area contributed by atoms with Crippen LogP contribution in [0.1, 0.15) is 25.8 Å². The van der Waals surface area contributed by atoms with E-state index in [1.54, 1.807) is 19.0 Å². The third-order valence-corrected chi connectivity index (χ3v) is 3.44. The van der Waals surface area contributed by atoms with E-state index in [1.807, 2.05) is 18.2 Å². The number of likely N-dealkylation sites (N-methyl/N-ethyl adjacent to an activating group) is 1. The summed E-state index contributed by atoms with van der Waals surface area (Å²) in [5.41, 5.74) is 1.08. The number of benzene rings is 1. The first-order valence-corrected chi connectivity index (χ1v) is 7.30. The molecule has 0 aromatic heterocycles. The summed E-state index contributed by atoms with van der Waals surface area (Å²) in [6.45, 7) is 5.16. The van der Waals surface area contributed by atoms with Gasteiger partial charge in [0, 0.05) is 20.6 Å². The zero-order valence-corrected chi connectivity index (χ0v) is 13.2. The summed E-state index contributed by atoms with van der Waals surface area (Å²) in [6.07, 6.45) is 0.821. The van der Waals surface area contributed by atoms with Gasteiger partial charge in [0.15, 0.2) is 11.5 Å². The van der Waals surface area contributed by atoms with E-state index in [4.69, 9.17) is 9.47 Å². The minimum Gasteiger partial charge on any atom is -0.454 e. The predicted octanol–water partition coefficient (Wildman–Crippen LogP) is 2.01. The average Bonchev–Trinajstić information content (AvgIpc) is 2.89. The van der Waals surface area contributed by atoms with E-state index >= 15 is 0 Å². The standard InChI is InChI=1S/C16H24N2O3/c1-11(2)7-13(16(19)18(3)4)17-9-12-5-6-14-15(8-12)21-10-20-14/h5-6,8,11,13,17H,7,9-10H2,1-4H3. The molecule has 0 aliphatic carbocycles. The Morgan fingerprint density at radius 1 is 1.29 bits per heavy atom. The van der Waals surface area contributed by atoms with Gasteiger partial charge in [-0.15, -0.1) is 0 Å². The molecule has 1 unspecified atom stereocenters. The molecule has 1 amide bonds. The summed E-state index contributed by atoms with van der Waals surface area (Å²) >= 11 is 0. The normalized spacial score (nSPS) is 14.3. The van der Waals surface area contributed by atoms with Crippen LogP contribution < -0.4 is 14.8 Å². The van der Waals surface area contributed by atoms with Crippen molar-refractivity contribution in [3.05, 3.63) is 23.8 Å². The third kappa shape index (κ3) is 4.11. The average molecular weight is 292 g/mol. The van der Waals surface area contributed by atoms with Gasteiger partial charge in [-0.2, -0.15) is 0 Å². The molecule has 1 heterocycles. The van der Waals surface area contributed by atoms with E-state index in [9.17, 15) is 4.79 Å². The molecule has 1 aromatic carbocycles. The van der Waals surface area contributed by atoms with Crippen molar-refractivity contribution < 1.29 is 14.3 Å². The van der Waals surface area contributed by atoms with Gasteiger partial charge < -0.3 is 19.7 Å². The van der Waals surface area contributed by atoms with Gasteiger partial charge in [-0.1, -0.05) is 19.9 Å². The number of carbonyl (C=O) groups excluding carboxylic acids is 1. The molecule has 0 saturated heterocycles. The molecule has 1 aliphatic heterocycles. The maximum Gasteiger partial charge on any atom is 0.239 e. The first-order chi connectivity index (χ1) is 9.97. The second-order valence-electron chi connectivity index (χ2n) is 5.98. The molecule has 5 heteroatoms. The van der Waals surface area contributed by atoms with Crippen LogP contribution >= 0.6 is 0 Å². The SMILES string of the molecule is CC(C)CC(NCc1ccc2c(c1)OCO2)C(=O)N(C)C. The number of hydrogen-bond donors (Lipinski definition) is 1. The second kappa shape index (κ2) is 6.80. The lowest BCUT2D eigenvalue weighted by atomic mass is 10.0. The number of carbonyl (C=O) groups is 1. The molecule has 0 saturated carbocycles. The molecule has 1 aromatic rings. The van der Waals surface area contributed by atoms with E-state index in [0.29, 0.717) is 12.5 Å². The smallest absolute Gasteiger partial charge is 0.239 e. The van der Waals surface area contributed by atoms with Crippen LogP contribution in [-0.4, -0.2) is 37.7 Å². The molecule has 2 rings (SSSR count). The van der Waals surface area contributed by atoms with Crippen molar-refractivity contribution >= 4 is 5.91 Å². The van der Waals surface area contributed by atoms with Gasteiger partial charge in [0.05, 0.1) is 6.04 Å². The summed E-state index contributed by atoms with van der Waals surface area (Å²) < 4.78 is 10.7. The molecule has 0 radical (unpaired) electrons. The van der Waals surface area contributed by atoms with E-state index < -0.39 is 0 Å². The Balaban J connectivity index is 1.99. The Hall–Kier alpha value is -1.75. The van der Waals surface area contributed by atoms with Crippen LogP contribution in [0.3, 0.4) is 0 Å². The van der Waals surface area contributed by atoms with Crippen molar-refractivity contribution in [3.8, 4) is 11.5 Å². The highest BCUT2D eigenvalue weighted by Crippen LogP contribution is 2.32. The van der Waals surface area contributed by atoms with E-state index in [1.165, 1.54) is 0 Å². The molecule has 1 N–H and O–H groups in total. The molecule has 1 atom stereocenters. The maximum atomic E-state index is 12.2. The highest BCUT2D eigenvalue weighted by atomic mass is 16.7. The van der Waals surface area contributed by atoms with Crippen LogP contribution in [0.5, 0.6) is 11.5 Å². The zero-order chi connectivity index (χ0) is 15.4. The lowest BCUT2D eigenvalue weighted by molar-refractivity contribution is -0.131. The highest BCUT2D eigenvalue weighted by molar-refractivity contribution is 5.81. The highest BCUT2D eigenvalue weighted by Gasteiger charge is 2.21. The summed E-state index contributed by atoms with van der Waals surface area (Å²) in [4.78, 5) is 13.8. The number of hydrogen-bond acceptors (Lipinski definition) is 4. The molecule has 0 bridgehead atoms. The monoisotopic (exact) mass is 292 g/mol. The Morgan fingerprint density at radius 2 is 2.00 bits per heavy atom. The Kier molecular flexibility index (Phi) is 5.07. The summed E-state index contributed by atoms with van der Waals surface area (Å²) in [6, 6.07) is 5.70. The summed E-state index contributed by atoms with van der Waals surface area (Å²) in [5, 5.41) is 3.35. The van der Waals surface area contributed by atoms with Gasteiger partial charge in [-0.3, -0.25) is 4.79 Å². The van der Waals surface area contributed by atoms with Crippen molar-refractivity contribution in [2.24, 2.45) is 5.92 Å². The van der Waals surface area contributed by atoms with Crippen molar-refractivity contribution in [3.63, 3.8) is 0 Å². The Bertz CT molecular complexity index is 500. The lowest BCUT2D eigenvalue weighted by Crippen LogP contribution is -2.44. The molecule has 0 spiro atoms. The maximum absolute atomic E-state index is 12.2. The topological polar surface area (TPSA) is 50.8 Å². The van der Waals surface area contributed by atoms with Gasteiger partial charge in [0.1, 0.15) is 0 Å². The molecule has 1 aliphatic rings. The van der Waals surface area contributed by atoms with Crippen LogP contribution in [0.4, 0.5) is 0 Å². The molecule has 0 fully saturated rings. The van der Waals surface area contributed by atoms with Crippen LogP contribution in [-0.2, 0) is 11.3 Å². The first kappa shape index (κ1) is 15.6. The largest absolute Gasteiger partial charge is 0.454 e. The van der Waals surface area contributed by atoms with Gasteiger partial charge in [-0.25, -0.2) is 0 Å². The molecule has 21 heavy (non-hydrogen) atoms. The minimum atomic E-state index is -0.162. The van der Waals surface area contributed by atoms with Crippen LogP contribution in [0.25, 0.3) is 0 Å². The molecular formula is C16H24N2O3. The van der Waals surface area contributed by atoms with Crippen molar-refractivity contribution in [2.45, 2.75) is 32.9 Å².